The molecular formula is C18H22FN3O2S. The van der Waals surface area contributed by atoms with E-state index in [0.29, 0.717) is 5.69 Å². The van der Waals surface area contributed by atoms with Crippen LogP contribution in [-0.4, -0.2) is 46.0 Å². The minimum atomic E-state index is -3.84. The van der Waals surface area contributed by atoms with Crippen molar-refractivity contribution in [1.82, 2.24) is 4.90 Å². The first-order valence-electron chi connectivity index (χ1n) is 8.34. The average molecular weight is 363 g/mol. The maximum absolute atomic E-state index is 13.4. The molecule has 134 valence electrons. The zero-order valence-corrected chi connectivity index (χ0v) is 15.0. The lowest BCUT2D eigenvalue weighted by Gasteiger charge is -2.36. The van der Waals surface area contributed by atoms with Gasteiger partial charge in [-0.15, -0.1) is 0 Å². The number of nitrogens with zero attached hydrogens (tertiary/aromatic N) is 2. The number of para-hydroxylation sites is 2. The molecule has 1 aliphatic rings. The van der Waals surface area contributed by atoms with E-state index in [1.807, 2.05) is 12.1 Å². The summed E-state index contributed by atoms with van der Waals surface area (Å²) >= 11 is 0. The van der Waals surface area contributed by atoms with Crippen LogP contribution >= 0.6 is 0 Å². The Morgan fingerprint density at radius 3 is 2.44 bits per heavy atom. The van der Waals surface area contributed by atoms with E-state index in [4.69, 9.17) is 0 Å². The van der Waals surface area contributed by atoms with Gasteiger partial charge in [0.15, 0.2) is 0 Å². The van der Waals surface area contributed by atoms with Gasteiger partial charge < -0.3 is 9.80 Å². The normalized spacial score (nSPS) is 16.0. The highest BCUT2D eigenvalue weighted by molar-refractivity contribution is 7.92. The van der Waals surface area contributed by atoms with Gasteiger partial charge in [0, 0.05) is 26.2 Å². The summed E-state index contributed by atoms with van der Waals surface area (Å²) in [6.45, 7) is 6.72. The first kappa shape index (κ1) is 17.7. The number of likely N-dealkylation sites (N-methyl/N-ethyl adjacent to an activating group) is 1. The summed E-state index contributed by atoms with van der Waals surface area (Å²) in [7, 11) is -3.84. The van der Waals surface area contributed by atoms with Crippen LogP contribution in [0.3, 0.4) is 0 Å². The summed E-state index contributed by atoms with van der Waals surface area (Å²) in [4.78, 5) is 4.45. The molecule has 1 N–H and O–H groups in total. The van der Waals surface area contributed by atoms with E-state index in [9.17, 15) is 12.8 Å². The van der Waals surface area contributed by atoms with E-state index in [2.05, 4.69) is 21.4 Å². The minimum absolute atomic E-state index is 0.0851. The zero-order chi connectivity index (χ0) is 17.9. The van der Waals surface area contributed by atoms with Crippen molar-refractivity contribution in [3.8, 4) is 0 Å². The van der Waals surface area contributed by atoms with Crippen LogP contribution in [0.2, 0.25) is 0 Å². The molecule has 1 saturated heterocycles. The molecule has 3 rings (SSSR count). The van der Waals surface area contributed by atoms with Crippen molar-refractivity contribution in [2.75, 3.05) is 42.3 Å². The second-order valence-corrected chi connectivity index (χ2v) is 7.68. The summed E-state index contributed by atoms with van der Waals surface area (Å²) in [5, 5.41) is 0. The lowest BCUT2D eigenvalue weighted by Crippen LogP contribution is -2.46. The molecule has 0 aromatic heterocycles. The second-order valence-electron chi connectivity index (χ2n) is 6.00. The molecule has 1 fully saturated rings. The molecule has 1 heterocycles. The Kier molecular flexibility index (Phi) is 5.24. The highest BCUT2D eigenvalue weighted by atomic mass is 32.2. The van der Waals surface area contributed by atoms with Crippen molar-refractivity contribution >= 4 is 21.4 Å². The molecule has 2 aromatic rings. The number of nitrogens with one attached hydrogen (secondary N) is 1. The fourth-order valence-electron chi connectivity index (χ4n) is 2.98. The predicted molar refractivity (Wildman–Crippen MR) is 98.0 cm³/mol. The van der Waals surface area contributed by atoms with E-state index >= 15 is 0 Å². The maximum Gasteiger partial charge on any atom is 0.262 e. The smallest absolute Gasteiger partial charge is 0.262 e. The molecule has 0 amide bonds. The van der Waals surface area contributed by atoms with Crippen LogP contribution in [-0.2, 0) is 10.0 Å². The highest BCUT2D eigenvalue weighted by Gasteiger charge is 2.21. The van der Waals surface area contributed by atoms with Crippen LogP contribution in [0.4, 0.5) is 15.8 Å². The molecule has 0 radical (unpaired) electrons. The molecule has 0 bridgehead atoms. The molecule has 1 aliphatic heterocycles. The van der Waals surface area contributed by atoms with Crippen molar-refractivity contribution < 1.29 is 12.8 Å². The number of anilines is 2. The number of rotatable bonds is 5. The highest BCUT2D eigenvalue weighted by Crippen LogP contribution is 2.29. The van der Waals surface area contributed by atoms with E-state index in [0.717, 1.165) is 44.5 Å². The van der Waals surface area contributed by atoms with E-state index in [-0.39, 0.29) is 4.90 Å². The van der Waals surface area contributed by atoms with Gasteiger partial charge in [-0.2, -0.15) is 0 Å². The molecule has 0 aliphatic carbocycles. The Balaban J connectivity index is 1.84. The monoisotopic (exact) mass is 363 g/mol. The first-order chi connectivity index (χ1) is 12.0. The topological polar surface area (TPSA) is 52.6 Å². The lowest BCUT2D eigenvalue weighted by atomic mass is 10.2. The van der Waals surface area contributed by atoms with Gasteiger partial charge >= 0.3 is 0 Å². The van der Waals surface area contributed by atoms with Crippen molar-refractivity contribution in [3.05, 3.63) is 54.3 Å². The number of piperazine rings is 1. The largest absolute Gasteiger partial charge is 0.367 e. The van der Waals surface area contributed by atoms with Crippen LogP contribution in [0, 0.1) is 5.82 Å². The Bertz CT molecular complexity index is 834. The molecule has 0 atom stereocenters. The number of sulfonamides is 1. The number of halogens is 1. The Hall–Kier alpha value is -2.12. The Morgan fingerprint density at radius 1 is 1.04 bits per heavy atom. The van der Waals surface area contributed by atoms with Gasteiger partial charge in [0.1, 0.15) is 5.82 Å². The fourth-order valence-corrected chi connectivity index (χ4v) is 4.08. The van der Waals surface area contributed by atoms with Crippen LogP contribution in [0.5, 0.6) is 0 Å². The standard InChI is InChI=1S/C18H22FN3O2S/c1-2-21-10-12-22(13-11-21)18-9-4-3-8-17(18)20-25(23,24)16-7-5-6-15(19)14-16/h3-9,14,20H,2,10-13H2,1H3. The van der Waals surface area contributed by atoms with E-state index < -0.39 is 15.8 Å². The number of hydrogen-bond donors (Lipinski definition) is 1. The molecule has 5 nitrogen and oxygen atoms in total. The van der Waals surface area contributed by atoms with Crippen LogP contribution in [0.25, 0.3) is 0 Å². The Morgan fingerprint density at radius 2 is 1.76 bits per heavy atom. The maximum atomic E-state index is 13.4. The van der Waals surface area contributed by atoms with Gasteiger partial charge in [-0.3, -0.25) is 4.72 Å². The summed E-state index contributed by atoms with van der Waals surface area (Å²) < 4.78 is 41.1. The third-order valence-corrected chi connectivity index (χ3v) is 5.78. The van der Waals surface area contributed by atoms with Gasteiger partial charge in [0.2, 0.25) is 0 Å². The van der Waals surface area contributed by atoms with Crippen molar-refractivity contribution in [2.24, 2.45) is 0 Å². The molecule has 25 heavy (non-hydrogen) atoms. The van der Waals surface area contributed by atoms with Crippen molar-refractivity contribution in [3.63, 3.8) is 0 Å². The molecule has 0 saturated carbocycles. The predicted octanol–water partition coefficient (Wildman–Crippen LogP) is 2.77. The van der Waals surface area contributed by atoms with Crippen LogP contribution in [0.1, 0.15) is 6.92 Å². The third-order valence-electron chi connectivity index (χ3n) is 4.41. The van der Waals surface area contributed by atoms with Crippen molar-refractivity contribution in [1.29, 1.82) is 0 Å². The third kappa shape index (κ3) is 4.11. The van der Waals surface area contributed by atoms with Crippen molar-refractivity contribution in [2.45, 2.75) is 11.8 Å². The van der Waals surface area contributed by atoms with Gasteiger partial charge in [-0.05, 0) is 36.9 Å². The second kappa shape index (κ2) is 7.41. The van der Waals surface area contributed by atoms with Crippen LogP contribution < -0.4 is 9.62 Å². The SMILES string of the molecule is CCN1CCN(c2ccccc2NS(=O)(=O)c2cccc(F)c2)CC1. The molecule has 7 heteroatoms. The summed E-state index contributed by atoms with van der Waals surface area (Å²) in [5.74, 6) is -0.577. The molecular weight excluding hydrogens is 341 g/mol. The van der Waals surface area contributed by atoms with Crippen LogP contribution in [0.15, 0.2) is 53.4 Å². The van der Waals surface area contributed by atoms with Gasteiger partial charge in [0.25, 0.3) is 10.0 Å². The molecule has 0 spiro atoms. The minimum Gasteiger partial charge on any atom is -0.367 e. The van der Waals surface area contributed by atoms with Gasteiger partial charge in [0.05, 0.1) is 16.3 Å². The Labute approximate surface area is 148 Å². The first-order valence-corrected chi connectivity index (χ1v) is 9.82. The van der Waals surface area contributed by atoms with Gasteiger partial charge in [-0.25, -0.2) is 12.8 Å². The summed E-state index contributed by atoms with van der Waals surface area (Å²) in [6.07, 6.45) is 0. The number of benzene rings is 2. The summed E-state index contributed by atoms with van der Waals surface area (Å²) in [6, 6.07) is 12.3. The molecule has 2 aromatic carbocycles. The quantitative estimate of drug-likeness (QED) is 0.888. The van der Waals surface area contributed by atoms with E-state index in [1.165, 1.54) is 18.2 Å². The van der Waals surface area contributed by atoms with Gasteiger partial charge in [-0.1, -0.05) is 25.1 Å². The zero-order valence-electron chi connectivity index (χ0n) is 14.2. The molecule has 0 unspecified atom stereocenters. The fraction of sp³-hybridized carbons (Fsp3) is 0.333. The van der Waals surface area contributed by atoms with E-state index in [1.54, 1.807) is 12.1 Å². The number of hydrogen-bond acceptors (Lipinski definition) is 4. The average Bonchev–Trinajstić information content (AvgIpc) is 2.62. The lowest BCUT2D eigenvalue weighted by molar-refractivity contribution is 0.271. The summed E-state index contributed by atoms with van der Waals surface area (Å²) in [5.41, 5.74) is 1.36.